The van der Waals surface area contributed by atoms with Gasteiger partial charge in [0.1, 0.15) is 5.76 Å². The summed E-state index contributed by atoms with van der Waals surface area (Å²) >= 11 is 0. The second kappa shape index (κ2) is 7.30. The van der Waals surface area contributed by atoms with Gasteiger partial charge in [0.25, 0.3) is 0 Å². The first-order valence-corrected chi connectivity index (χ1v) is 9.62. The molecule has 0 spiro atoms. The van der Waals surface area contributed by atoms with Gasteiger partial charge < -0.3 is 18.6 Å². The number of carbonyl (C=O) groups excluding carboxylic acids is 3. The third kappa shape index (κ3) is 3.61. The SMILES string of the molecule is Cc1cc(C(=O)COC(=O)[C@H]2CC(=O)N(Cc3ccco3)C2)c(C)n1C1CC1. The molecule has 1 atom stereocenters. The van der Waals surface area contributed by atoms with Gasteiger partial charge in [0.05, 0.1) is 18.7 Å². The Morgan fingerprint density at radius 1 is 1.29 bits per heavy atom. The van der Waals surface area contributed by atoms with Crippen molar-refractivity contribution in [3.05, 3.63) is 47.2 Å². The van der Waals surface area contributed by atoms with Gasteiger partial charge in [-0.25, -0.2) is 0 Å². The van der Waals surface area contributed by atoms with Gasteiger partial charge in [-0.05, 0) is 44.9 Å². The molecule has 0 bridgehead atoms. The summed E-state index contributed by atoms with van der Waals surface area (Å²) in [6.45, 7) is 4.25. The molecule has 0 unspecified atom stereocenters. The van der Waals surface area contributed by atoms with Crippen molar-refractivity contribution in [2.75, 3.05) is 13.2 Å². The van der Waals surface area contributed by atoms with E-state index >= 15 is 0 Å². The normalized spacial score (nSPS) is 19.3. The predicted octanol–water partition coefficient (Wildman–Crippen LogP) is 2.81. The van der Waals surface area contributed by atoms with E-state index in [2.05, 4.69) is 4.57 Å². The Balaban J connectivity index is 1.32. The van der Waals surface area contributed by atoms with Crippen LogP contribution in [0.3, 0.4) is 0 Å². The van der Waals surface area contributed by atoms with E-state index < -0.39 is 11.9 Å². The van der Waals surface area contributed by atoms with Gasteiger partial charge in [-0.2, -0.15) is 0 Å². The smallest absolute Gasteiger partial charge is 0.311 e. The number of aromatic nitrogens is 1. The maximum atomic E-state index is 12.6. The van der Waals surface area contributed by atoms with Gasteiger partial charge in [0.2, 0.25) is 11.7 Å². The van der Waals surface area contributed by atoms with Gasteiger partial charge >= 0.3 is 5.97 Å². The molecule has 0 radical (unpaired) electrons. The molecule has 1 aliphatic heterocycles. The second-order valence-electron chi connectivity index (χ2n) is 7.67. The minimum Gasteiger partial charge on any atom is -0.467 e. The summed E-state index contributed by atoms with van der Waals surface area (Å²) < 4.78 is 12.7. The Morgan fingerprint density at radius 3 is 2.75 bits per heavy atom. The number of rotatable bonds is 7. The maximum absolute atomic E-state index is 12.6. The molecule has 2 aromatic heterocycles. The Bertz CT molecular complexity index is 908. The van der Waals surface area contributed by atoms with Gasteiger partial charge in [-0.15, -0.1) is 0 Å². The third-order valence-corrected chi connectivity index (χ3v) is 5.52. The Labute approximate surface area is 163 Å². The summed E-state index contributed by atoms with van der Waals surface area (Å²) in [7, 11) is 0. The van der Waals surface area contributed by atoms with Crippen molar-refractivity contribution in [2.45, 2.75) is 45.7 Å². The van der Waals surface area contributed by atoms with Crippen LogP contribution in [-0.2, 0) is 20.9 Å². The minimum atomic E-state index is -0.547. The molecule has 4 rings (SSSR count). The van der Waals surface area contributed by atoms with Gasteiger partial charge in [0, 0.05) is 36.0 Å². The molecule has 2 aromatic rings. The maximum Gasteiger partial charge on any atom is 0.311 e. The van der Waals surface area contributed by atoms with Crippen molar-refractivity contribution < 1.29 is 23.5 Å². The van der Waals surface area contributed by atoms with Crippen molar-refractivity contribution in [2.24, 2.45) is 5.92 Å². The number of aryl methyl sites for hydroxylation is 1. The lowest BCUT2D eigenvalue weighted by molar-refractivity contribution is -0.147. The molecule has 28 heavy (non-hydrogen) atoms. The highest BCUT2D eigenvalue weighted by atomic mass is 16.5. The fourth-order valence-corrected chi connectivity index (χ4v) is 3.96. The van der Waals surface area contributed by atoms with Crippen LogP contribution in [0.25, 0.3) is 0 Å². The fourth-order valence-electron chi connectivity index (χ4n) is 3.96. The Kier molecular flexibility index (Phi) is 4.83. The summed E-state index contributed by atoms with van der Waals surface area (Å²) in [5.41, 5.74) is 2.60. The topological polar surface area (TPSA) is 81.8 Å². The Morgan fingerprint density at radius 2 is 2.07 bits per heavy atom. The summed E-state index contributed by atoms with van der Waals surface area (Å²) in [6.07, 6.45) is 3.93. The largest absolute Gasteiger partial charge is 0.467 e. The monoisotopic (exact) mass is 384 g/mol. The predicted molar refractivity (Wildman–Crippen MR) is 99.7 cm³/mol. The van der Waals surface area contributed by atoms with Crippen LogP contribution in [0, 0.1) is 19.8 Å². The van der Waals surface area contributed by atoms with Crippen LogP contribution >= 0.6 is 0 Å². The van der Waals surface area contributed by atoms with E-state index in [-0.39, 0.29) is 31.3 Å². The molecule has 0 aromatic carbocycles. The number of likely N-dealkylation sites (tertiary alicyclic amines) is 1. The van der Waals surface area contributed by atoms with Crippen molar-refractivity contribution in [1.29, 1.82) is 0 Å². The van der Waals surface area contributed by atoms with Crippen molar-refractivity contribution in [1.82, 2.24) is 9.47 Å². The van der Waals surface area contributed by atoms with Crippen LogP contribution in [0.1, 0.15) is 52.8 Å². The fraction of sp³-hybridized carbons (Fsp3) is 0.476. The van der Waals surface area contributed by atoms with Crippen LogP contribution in [0.2, 0.25) is 0 Å². The molecular weight excluding hydrogens is 360 g/mol. The molecule has 7 heteroatoms. The molecule has 0 N–H and O–H groups in total. The molecule has 2 fully saturated rings. The first kappa shape index (κ1) is 18.5. The summed E-state index contributed by atoms with van der Waals surface area (Å²) in [6, 6.07) is 5.91. The lowest BCUT2D eigenvalue weighted by atomic mass is 10.1. The number of esters is 1. The zero-order valence-corrected chi connectivity index (χ0v) is 16.1. The van der Waals surface area contributed by atoms with E-state index in [1.165, 1.54) is 0 Å². The lowest BCUT2D eigenvalue weighted by Crippen LogP contribution is -2.27. The highest BCUT2D eigenvalue weighted by molar-refractivity contribution is 5.99. The third-order valence-electron chi connectivity index (χ3n) is 5.52. The second-order valence-corrected chi connectivity index (χ2v) is 7.67. The molecule has 2 aliphatic rings. The first-order chi connectivity index (χ1) is 13.4. The van der Waals surface area contributed by atoms with Gasteiger partial charge in [0.15, 0.2) is 6.61 Å². The number of amides is 1. The van der Waals surface area contributed by atoms with E-state index in [0.717, 1.165) is 24.2 Å². The van der Waals surface area contributed by atoms with Crippen LogP contribution in [-0.4, -0.2) is 40.3 Å². The number of carbonyl (C=O) groups is 3. The van der Waals surface area contributed by atoms with Crippen molar-refractivity contribution >= 4 is 17.7 Å². The van der Waals surface area contributed by atoms with Gasteiger partial charge in [-0.3, -0.25) is 14.4 Å². The number of Topliss-reactive ketones (excluding diaryl/α,β-unsaturated/α-hetero) is 1. The zero-order chi connectivity index (χ0) is 19.8. The van der Waals surface area contributed by atoms with Crippen LogP contribution in [0.5, 0.6) is 0 Å². The molecule has 1 saturated carbocycles. The highest BCUT2D eigenvalue weighted by Crippen LogP contribution is 2.38. The molecule has 1 amide bonds. The minimum absolute atomic E-state index is 0.101. The summed E-state index contributed by atoms with van der Waals surface area (Å²) in [5.74, 6) is -0.694. The number of hydrogen-bond acceptors (Lipinski definition) is 5. The molecular formula is C21H24N2O5. The Hall–Kier alpha value is -2.83. The van der Waals surface area contributed by atoms with Crippen molar-refractivity contribution in [3.63, 3.8) is 0 Å². The first-order valence-electron chi connectivity index (χ1n) is 9.62. The highest BCUT2D eigenvalue weighted by Gasteiger charge is 2.36. The average Bonchev–Trinajstić information content (AvgIpc) is 3.09. The quantitative estimate of drug-likeness (QED) is 0.542. The van der Waals surface area contributed by atoms with Crippen LogP contribution < -0.4 is 0 Å². The summed E-state index contributed by atoms with van der Waals surface area (Å²) in [4.78, 5) is 38.6. The number of furan rings is 1. The molecule has 7 nitrogen and oxygen atoms in total. The average molecular weight is 384 g/mol. The van der Waals surface area contributed by atoms with Crippen LogP contribution in [0.4, 0.5) is 0 Å². The molecule has 148 valence electrons. The summed E-state index contributed by atoms with van der Waals surface area (Å²) in [5, 5.41) is 0. The van der Waals surface area contributed by atoms with Crippen LogP contribution in [0.15, 0.2) is 28.9 Å². The molecule has 1 saturated heterocycles. The van der Waals surface area contributed by atoms with Gasteiger partial charge in [-0.1, -0.05) is 0 Å². The number of ketones is 1. The van der Waals surface area contributed by atoms with Crippen molar-refractivity contribution in [3.8, 4) is 0 Å². The standard InChI is InChI=1S/C21H24N2O5/c1-13-8-18(14(2)23(13)16-5-6-16)19(24)12-28-21(26)15-9-20(25)22(10-15)11-17-4-3-7-27-17/h3-4,7-8,15-16H,5-6,9-12H2,1-2H3/t15-/m0/s1. The zero-order valence-electron chi connectivity index (χ0n) is 16.1. The van der Waals surface area contributed by atoms with E-state index in [4.69, 9.17) is 9.15 Å². The lowest BCUT2D eigenvalue weighted by Gasteiger charge is -2.14. The number of nitrogens with zero attached hydrogens (tertiary/aromatic N) is 2. The van der Waals surface area contributed by atoms with E-state index in [0.29, 0.717) is 23.9 Å². The van der Waals surface area contributed by atoms with E-state index in [1.54, 1.807) is 23.3 Å². The number of hydrogen-bond donors (Lipinski definition) is 0. The molecule has 3 heterocycles. The van der Waals surface area contributed by atoms with E-state index in [1.807, 2.05) is 19.9 Å². The number of ether oxygens (including phenoxy) is 1. The molecule has 1 aliphatic carbocycles. The van der Waals surface area contributed by atoms with E-state index in [9.17, 15) is 14.4 Å².